The van der Waals surface area contributed by atoms with Gasteiger partial charge in [0.05, 0.1) is 4.90 Å². The number of hydrogen-bond acceptors (Lipinski definition) is 4. The average molecular weight is 356 g/mol. The van der Waals surface area contributed by atoms with Crippen molar-refractivity contribution in [3.8, 4) is 0 Å². The van der Waals surface area contributed by atoms with Crippen LogP contribution in [0.5, 0.6) is 0 Å². The second-order valence-corrected chi connectivity index (χ2v) is 7.70. The fourth-order valence-electron chi connectivity index (χ4n) is 2.32. The van der Waals surface area contributed by atoms with Crippen molar-refractivity contribution in [2.45, 2.75) is 30.7 Å². The second kappa shape index (κ2) is 7.63. The second-order valence-electron chi connectivity index (χ2n) is 5.73. The van der Waals surface area contributed by atoms with E-state index < -0.39 is 27.4 Å². The molecule has 1 unspecified atom stereocenters. The minimum absolute atomic E-state index is 0.0383. The zero-order valence-corrected chi connectivity index (χ0v) is 14.8. The number of benzene rings is 1. The van der Waals surface area contributed by atoms with Crippen LogP contribution < -0.4 is 11.5 Å². The molecule has 0 bridgehead atoms. The van der Waals surface area contributed by atoms with Crippen molar-refractivity contribution in [3.05, 3.63) is 30.3 Å². The smallest absolute Gasteiger partial charge is 0.325 e. The van der Waals surface area contributed by atoms with Gasteiger partial charge in [0, 0.05) is 13.6 Å². The highest BCUT2D eigenvalue weighted by molar-refractivity contribution is 7.89. The van der Waals surface area contributed by atoms with Crippen LogP contribution in [0.4, 0.5) is 0 Å². The number of carbonyl (C=O) groups is 1. The van der Waals surface area contributed by atoms with Crippen LogP contribution in [0.15, 0.2) is 40.2 Å². The molecule has 0 amide bonds. The Bertz CT molecular complexity index is 701. The third-order valence-corrected chi connectivity index (χ3v) is 6.27. The summed E-state index contributed by atoms with van der Waals surface area (Å²) in [6.45, 7) is 3.26. The number of aliphatic imine (C=N–C) groups is 1. The average Bonchev–Trinajstić information content (AvgIpc) is 2.53. The summed E-state index contributed by atoms with van der Waals surface area (Å²) < 4.78 is 26.4. The number of guanidine groups is 1. The molecule has 0 fully saturated rings. The molecule has 0 radical (unpaired) electrons. The SMILES string of the molecule is CC(CCN=C(N)N)[C@@](C)(C(=O)O)N(C)S(=O)(=O)c1ccccc1. The zero-order valence-electron chi connectivity index (χ0n) is 14.0. The van der Waals surface area contributed by atoms with E-state index in [1.165, 1.54) is 26.1 Å². The van der Waals surface area contributed by atoms with Crippen LogP contribution in [0.3, 0.4) is 0 Å². The lowest BCUT2D eigenvalue weighted by Crippen LogP contribution is -2.57. The molecule has 0 aliphatic carbocycles. The lowest BCUT2D eigenvalue weighted by Gasteiger charge is -2.38. The largest absolute Gasteiger partial charge is 0.480 e. The van der Waals surface area contributed by atoms with Gasteiger partial charge in [-0.15, -0.1) is 0 Å². The number of carboxylic acids is 1. The number of nitrogens with two attached hydrogens (primary N) is 2. The summed E-state index contributed by atoms with van der Waals surface area (Å²) in [6.07, 6.45) is 0.315. The topological polar surface area (TPSA) is 139 Å². The Kier molecular flexibility index (Phi) is 6.33. The molecule has 0 heterocycles. The van der Waals surface area contributed by atoms with Gasteiger partial charge in [-0.2, -0.15) is 4.31 Å². The van der Waals surface area contributed by atoms with E-state index in [9.17, 15) is 18.3 Å². The highest BCUT2D eigenvalue weighted by Crippen LogP contribution is 2.31. The molecule has 0 spiro atoms. The van der Waals surface area contributed by atoms with Gasteiger partial charge in [0.15, 0.2) is 5.96 Å². The normalized spacial score (nSPS) is 15.5. The molecule has 1 aromatic carbocycles. The predicted octanol–water partition coefficient (Wildman–Crippen LogP) is 0.450. The van der Waals surface area contributed by atoms with Crippen molar-refractivity contribution in [2.24, 2.45) is 22.4 Å². The summed E-state index contributed by atoms with van der Waals surface area (Å²) in [4.78, 5) is 15.8. The molecule has 5 N–H and O–H groups in total. The van der Waals surface area contributed by atoms with E-state index in [0.717, 1.165) is 4.31 Å². The maximum Gasteiger partial charge on any atom is 0.325 e. The quantitative estimate of drug-likeness (QED) is 0.456. The van der Waals surface area contributed by atoms with Crippen molar-refractivity contribution >= 4 is 22.0 Å². The van der Waals surface area contributed by atoms with E-state index in [4.69, 9.17) is 11.5 Å². The molecule has 0 saturated carbocycles. The summed E-state index contributed by atoms with van der Waals surface area (Å²) in [5, 5.41) is 9.70. The van der Waals surface area contributed by atoms with E-state index in [1.807, 2.05) is 0 Å². The monoisotopic (exact) mass is 356 g/mol. The van der Waals surface area contributed by atoms with Crippen molar-refractivity contribution in [1.29, 1.82) is 0 Å². The molecular formula is C15H24N4O4S. The van der Waals surface area contributed by atoms with Gasteiger partial charge in [-0.1, -0.05) is 25.1 Å². The molecule has 0 aliphatic heterocycles. The molecule has 0 aliphatic rings. The Balaban J connectivity index is 3.18. The maximum absolute atomic E-state index is 12.8. The standard InChI is InChI=1S/C15H24N4O4S/c1-11(9-10-18-14(16)17)15(2,13(20)21)19(3)24(22,23)12-7-5-4-6-8-12/h4-8,11H,9-10H2,1-3H3,(H,20,21)(H4,16,17,18)/t11?,15-/m0/s1. The number of carboxylic acid groups (broad SMARTS) is 1. The summed E-state index contributed by atoms with van der Waals surface area (Å²) >= 11 is 0. The van der Waals surface area contributed by atoms with Crippen molar-refractivity contribution in [1.82, 2.24) is 4.31 Å². The molecule has 24 heavy (non-hydrogen) atoms. The molecule has 134 valence electrons. The highest BCUT2D eigenvalue weighted by atomic mass is 32.2. The summed E-state index contributed by atoms with van der Waals surface area (Å²) in [6, 6.07) is 7.71. The minimum atomic E-state index is -3.96. The van der Waals surface area contributed by atoms with E-state index in [0.29, 0.717) is 6.42 Å². The summed E-state index contributed by atoms with van der Waals surface area (Å²) in [5.74, 6) is -1.85. The van der Waals surface area contributed by atoms with Gasteiger partial charge in [-0.25, -0.2) is 8.42 Å². The Hall–Kier alpha value is -2.13. The van der Waals surface area contributed by atoms with Crippen molar-refractivity contribution in [2.75, 3.05) is 13.6 Å². The summed E-state index contributed by atoms with van der Waals surface area (Å²) in [5.41, 5.74) is 8.87. The predicted molar refractivity (Wildman–Crippen MR) is 91.9 cm³/mol. The number of likely N-dealkylation sites (N-methyl/N-ethyl adjacent to an activating group) is 1. The third-order valence-electron chi connectivity index (χ3n) is 4.30. The fraction of sp³-hybridized carbons (Fsp3) is 0.467. The van der Waals surface area contributed by atoms with Crippen LogP contribution in [0.1, 0.15) is 20.3 Å². The fourth-order valence-corrected chi connectivity index (χ4v) is 3.90. The lowest BCUT2D eigenvalue weighted by molar-refractivity contribution is -0.149. The molecule has 1 rings (SSSR count). The van der Waals surface area contributed by atoms with Crippen LogP contribution in [-0.2, 0) is 14.8 Å². The van der Waals surface area contributed by atoms with E-state index in [1.54, 1.807) is 25.1 Å². The Morgan fingerprint density at radius 3 is 2.33 bits per heavy atom. The van der Waals surface area contributed by atoms with Crippen LogP contribution in [0.2, 0.25) is 0 Å². The Labute approximate surface area is 142 Å². The first-order chi connectivity index (χ1) is 11.0. The van der Waals surface area contributed by atoms with Crippen LogP contribution in [-0.4, -0.2) is 48.9 Å². The first-order valence-electron chi connectivity index (χ1n) is 7.37. The molecule has 8 nitrogen and oxygen atoms in total. The molecule has 2 atom stereocenters. The van der Waals surface area contributed by atoms with Gasteiger partial charge in [0.1, 0.15) is 5.54 Å². The van der Waals surface area contributed by atoms with E-state index in [-0.39, 0.29) is 17.4 Å². The zero-order chi connectivity index (χ0) is 18.5. The van der Waals surface area contributed by atoms with Crippen molar-refractivity contribution < 1.29 is 18.3 Å². The van der Waals surface area contributed by atoms with Gasteiger partial charge >= 0.3 is 5.97 Å². The van der Waals surface area contributed by atoms with Crippen LogP contribution in [0, 0.1) is 5.92 Å². The molecular weight excluding hydrogens is 332 g/mol. The molecule has 9 heteroatoms. The van der Waals surface area contributed by atoms with Gasteiger partial charge < -0.3 is 16.6 Å². The number of nitrogens with zero attached hydrogens (tertiary/aromatic N) is 2. The van der Waals surface area contributed by atoms with Gasteiger partial charge in [0.25, 0.3) is 0 Å². The summed E-state index contributed by atoms with van der Waals surface area (Å²) in [7, 11) is -2.69. The number of hydrogen-bond donors (Lipinski definition) is 3. The van der Waals surface area contributed by atoms with Gasteiger partial charge in [-0.3, -0.25) is 9.79 Å². The van der Waals surface area contributed by atoms with Crippen LogP contribution in [0.25, 0.3) is 0 Å². The first-order valence-corrected chi connectivity index (χ1v) is 8.81. The number of sulfonamides is 1. The van der Waals surface area contributed by atoms with Crippen molar-refractivity contribution in [3.63, 3.8) is 0 Å². The molecule has 0 aromatic heterocycles. The van der Waals surface area contributed by atoms with Gasteiger partial charge in [-0.05, 0) is 31.4 Å². The first kappa shape index (κ1) is 19.9. The van der Waals surface area contributed by atoms with Crippen LogP contribution >= 0.6 is 0 Å². The number of aliphatic carboxylic acids is 1. The highest BCUT2D eigenvalue weighted by Gasteiger charge is 2.47. The third kappa shape index (κ3) is 4.04. The molecule has 1 aromatic rings. The number of rotatable bonds is 8. The Morgan fingerprint density at radius 2 is 1.88 bits per heavy atom. The van der Waals surface area contributed by atoms with E-state index >= 15 is 0 Å². The minimum Gasteiger partial charge on any atom is -0.480 e. The Morgan fingerprint density at radius 1 is 1.33 bits per heavy atom. The molecule has 0 saturated heterocycles. The maximum atomic E-state index is 12.8. The lowest BCUT2D eigenvalue weighted by atomic mass is 9.85. The van der Waals surface area contributed by atoms with Gasteiger partial charge in [0.2, 0.25) is 10.0 Å². The van der Waals surface area contributed by atoms with E-state index in [2.05, 4.69) is 4.99 Å².